The van der Waals surface area contributed by atoms with Crippen molar-refractivity contribution in [3.05, 3.63) is 17.1 Å². The van der Waals surface area contributed by atoms with Gasteiger partial charge in [0.05, 0.1) is 0 Å². The molecule has 3 N–H and O–H groups in total. The largest absolute Gasteiger partial charge is 0.383 e. The van der Waals surface area contributed by atoms with Crippen LogP contribution in [-0.2, 0) is 0 Å². The van der Waals surface area contributed by atoms with Gasteiger partial charge in [0.2, 0.25) is 5.16 Å². The van der Waals surface area contributed by atoms with Gasteiger partial charge < -0.3 is 5.73 Å². The van der Waals surface area contributed by atoms with E-state index in [0.717, 1.165) is 0 Å². The number of nitrogens with two attached hydrogens (primary N) is 1. The molecular formula is C5H4N6S. The van der Waals surface area contributed by atoms with Gasteiger partial charge in [-0.05, 0) is 11.8 Å². The minimum atomic E-state index is 0.329. The van der Waals surface area contributed by atoms with Gasteiger partial charge in [-0.15, -0.1) is 10.2 Å². The van der Waals surface area contributed by atoms with Gasteiger partial charge in [0.1, 0.15) is 23.1 Å². The van der Waals surface area contributed by atoms with Crippen LogP contribution in [0.15, 0.2) is 22.2 Å². The van der Waals surface area contributed by atoms with E-state index < -0.39 is 0 Å². The van der Waals surface area contributed by atoms with Gasteiger partial charge in [-0.2, -0.15) is 5.26 Å². The van der Waals surface area contributed by atoms with Crippen molar-refractivity contribution in [3.63, 3.8) is 0 Å². The number of rotatable bonds is 0. The van der Waals surface area contributed by atoms with E-state index in [-0.39, 0.29) is 0 Å². The Hall–Kier alpha value is -1.68. The van der Waals surface area contributed by atoms with E-state index in [1.807, 2.05) is 6.07 Å². The van der Waals surface area contributed by atoms with Crippen LogP contribution in [0.25, 0.3) is 0 Å². The number of nitriles is 1. The number of thioether (sulfide) groups is 1. The fourth-order valence-electron chi connectivity index (χ4n) is 0.781. The average molecular weight is 180 g/mol. The molecule has 0 saturated heterocycles. The molecule has 0 aromatic carbocycles. The average Bonchev–Trinajstić information content (AvgIpc) is 2.49. The van der Waals surface area contributed by atoms with E-state index in [1.54, 1.807) is 4.68 Å². The molecule has 2 rings (SSSR count). The van der Waals surface area contributed by atoms with Crippen LogP contribution in [0.4, 0.5) is 0 Å². The SMILES string of the molecule is N#CC1=C(N)Nn2cnnc2S1. The van der Waals surface area contributed by atoms with Gasteiger partial charge >= 0.3 is 0 Å². The van der Waals surface area contributed by atoms with E-state index in [9.17, 15) is 0 Å². The third-order valence-corrected chi connectivity index (χ3v) is 2.27. The summed E-state index contributed by atoms with van der Waals surface area (Å²) in [5, 5.41) is 16.6. The monoisotopic (exact) mass is 180 g/mol. The quantitative estimate of drug-likeness (QED) is 0.563. The highest BCUT2D eigenvalue weighted by molar-refractivity contribution is 8.03. The lowest BCUT2D eigenvalue weighted by Crippen LogP contribution is -2.24. The van der Waals surface area contributed by atoms with Crippen LogP contribution in [-0.4, -0.2) is 14.9 Å². The van der Waals surface area contributed by atoms with Gasteiger partial charge in [-0.3, -0.25) is 5.43 Å². The Morgan fingerprint density at radius 3 is 3.33 bits per heavy atom. The number of hydrogen-bond acceptors (Lipinski definition) is 6. The Kier molecular flexibility index (Phi) is 1.41. The van der Waals surface area contributed by atoms with Gasteiger partial charge in [0, 0.05) is 0 Å². The first-order valence-corrected chi connectivity index (χ1v) is 3.87. The van der Waals surface area contributed by atoms with Crippen molar-refractivity contribution in [2.75, 3.05) is 5.43 Å². The van der Waals surface area contributed by atoms with Gasteiger partial charge in [-0.25, -0.2) is 4.68 Å². The van der Waals surface area contributed by atoms with Gasteiger partial charge in [-0.1, -0.05) is 0 Å². The second-order valence-electron chi connectivity index (χ2n) is 2.05. The molecule has 1 aromatic heterocycles. The third-order valence-electron chi connectivity index (χ3n) is 1.30. The lowest BCUT2D eigenvalue weighted by Gasteiger charge is -2.14. The Morgan fingerprint density at radius 2 is 2.58 bits per heavy atom. The topological polar surface area (TPSA) is 92.6 Å². The van der Waals surface area contributed by atoms with Gasteiger partial charge in [0.25, 0.3) is 0 Å². The standard InChI is InChI=1S/C5H4N6S/c6-1-3-4(7)10-11-2-8-9-5(11)12-3/h2,10H,7H2. The molecule has 0 saturated carbocycles. The summed E-state index contributed by atoms with van der Waals surface area (Å²) >= 11 is 1.19. The Balaban J connectivity index is 2.42. The fraction of sp³-hybridized carbons (Fsp3) is 0. The molecule has 12 heavy (non-hydrogen) atoms. The molecule has 0 aliphatic carbocycles. The zero-order valence-corrected chi connectivity index (χ0v) is 6.67. The van der Waals surface area contributed by atoms with Crippen LogP contribution < -0.4 is 11.2 Å². The summed E-state index contributed by atoms with van der Waals surface area (Å²) in [6.07, 6.45) is 1.49. The number of nitrogens with one attached hydrogen (secondary N) is 1. The van der Waals surface area contributed by atoms with Crippen molar-refractivity contribution in [1.29, 1.82) is 5.26 Å². The van der Waals surface area contributed by atoms with Crippen molar-refractivity contribution < 1.29 is 0 Å². The molecule has 0 radical (unpaired) electrons. The maximum absolute atomic E-state index is 8.62. The predicted molar refractivity (Wildman–Crippen MR) is 42.1 cm³/mol. The minimum Gasteiger partial charge on any atom is -0.383 e. The maximum Gasteiger partial charge on any atom is 0.215 e. The van der Waals surface area contributed by atoms with E-state index in [0.29, 0.717) is 15.9 Å². The first-order valence-electron chi connectivity index (χ1n) is 3.06. The molecule has 7 heteroatoms. The van der Waals surface area contributed by atoms with Gasteiger partial charge in [0.15, 0.2) is 0 Å². The highest BCUT2D eigenvalue weighted by Gasteiger charge is 2.17. The fourth-order valence-corrected chi connectivity index (χ4v) is 1.44. The summed E-state index contributed by atoms with van der Waals surface area (Å²) in [4.78, 5) is 0.413. The van der Waals surface area contributed by atoms with Crippen molar-refractivity contribution >= 4 is 11.8 Å². The Labute approximate surface area is 72.0 Å². The summed E-state index contributed by atoms with van der Waals surface area (Å²) in [7, 11) is 0. The first kappa shape index (κ1) is 7.00. The van der Waals surface area contributed by atoms with E-state index in [4.69, 9.17) is 11.0 Å². The smallest absolute Gasteiger partial charge is 0.215 e. The summed E-state index contributed by atoms with van der Waals surface area (Å²) in [5.41, 5.74) is 8.26. The molecule has 0 spiro atoms. The van der Waals surface area contributed by atoms with Crippen LogP contribution in [0.2, 0.25) is 0 Å². The molecule has 1 aliphatic rings. The molecule has 6 nitrogen and oxygen atoms in total. The van der Waals surface area contributed by atoms with Crippen molar-refractivity contribution in [3.8, 4) is 6.07 Å². The molecule has 0 unspecified atom stereocenters. The van der Waals surface area contributed by atoms with E-state index >= 15 is 0 Å². The second kappa shape index (κ2) is 2.42. The number of aromatic nitrogens is 3. The normalized spacial score (nSPS) is 14.9. The lowest BCUT2D eigenvalue weighted by atomic mass is 10.6. The summed E-state index contributed by atoms with van der Waals surface area (Å²) in [6, 6.07) is 1.96. The molecule has 1 aliphatic heterocycles. The molecule has 2 heterocycles. The lowest BCUT2D eigenvalue weighted by molar-refractivity contribution is 0.787. The Bertz CT molecular complexity index is 385. The summed E-state index contributed by atoms with van der Waals surface area (Å²) < 4.78 is 1.56. The molecule has 0 atom stereocenters. The highest BCUT2D eigenvalue weighted by Crippen LogP contribution is 2.27. The summed E-state index contributed by atoms with van der Waals surface area (Å²) in [5.74, 6) is 0.329. The molecule has 60 valence electrons. The molecule has 0 bridgehead atoms. The second-order valence-corrected chi connectivity index (χ2v) is 3.03. The number of nitrogens with zero attached hydrogens (tertiary/aromatic N) is 4. The van der Waals surface area contributed by atoms with Crippen molar-refractivity contribution in [2.24, 2.45) is 5.73 Å². The van der Waals surface area contributed by atoms with E-state index in [1.165, 1.54) is 18.1 Å². The van der Waals surface area contributed by atoms with Crippen LogP contribution in [0.5, 0.6) is 0 Å². The van der Waals surface area contributed by atoms with Crippen molar-refractivity contribution in [1.82, 2.24) is 14.9 Å². The number of allylic oxidation sites excluding steroid dienone is 1. The van der Waals surface area contributed by atoms with Crippen LogP contribution in [0.3, 0.4) is 0 Å². The van der Waals surface area contributed by atoms with Crippen LogP contribution in [0, 0.1) is 11.3 Å². The first-order chi connectivity index (χ1) is 5.81. The highest BCUT2D eigenvalue weighted by atomic mass is 32.2. The zero-order chi connectivity index (χ0) is 8.55. The van der Waals surface area contributed by atoms with Crippen LogP contribution >= 0.6 is 11.8 Å². The van der Waals surface area contributed by atoms with Crippen molar-refractivity contribution in [2.45, 2.75) is 5.16 Å². The third kappa shape index (κ3) is 0.895. The number of fused-ring (bicyclic) bond motifs is 1. The zero-order valence-electron chi connectivity index (χ0n) is 5.85. The predicted octanol–water partition coefficient (Wildman–Crippen LogP) is -0.421. The molecule has 0 fully saturated rings. The molecule has 0 amide bonds. The summed E-state index contributed by atoms with van der Waals surface area (Å²) in [6.45, 7) is 0. The Morgan fingerprint density at radius 1 is 1.75 bits per heavy atom. The van der Waals surface area contributed by atoms with Crippen LogP contribution in [0.1, 0.15) is 0 Å². The minimum absolute atomic E-state index is 0.329. The maximum atomic E-state index is 8.62. The van der Waals surface area contributed by atoms with E-state index in [2.05, 4.69) is 15.6 Å². The molecule has 1 aromatic rings. The molecular weight excluding hydrogens is 176 g/mol. The number of hydrogen-bond donors (Lipinski definition) is 2.